The molecule has 2 bridgehead atoms. The van der Waals surface area contributed by atoms with Crippen molar-refractivity contribution in [2.75, 3.05) is 11.1 Å². The largest absolute Gasteiger partial charge is 0.399 e. The van der Waals surface area contributed by atoms with Crippen LogP contribution < -0.4 is 11.1 Å². The van der Waals surface area contributed by atoms with Crippen molar-refractivity contribution in [3.63, 3.8) is 0 Å². The summed E-state index contributed by atoms with van der Waals surface area (Å²) in [5.74, 6) is 3.61. The van der Waals surface area contributed by atoms with Gasteiger partial charge in [-0.3, -0.25) is 4.79 Å². The Morgan fingerprint density at radius 2 is 1.70 bits per heavy atom. The summed E-state index contributed by atoms with van der Waals surface area (Å²) in [6.45, 7) is 4.02. The molecule has 4 unspecified atom stereocenters. The van der Waals surface area contributed by atoms with E-state index in [-0.39, 0.29) is 11.8 Å². The second-order valence-electron chi connectivity index (χ2n) is 7.03. The van der Waals surface area contributed by atoms with Crippen molar-refractivity contribution in [1.82, 2.24) is 0 Å². The summed E-state index contributed by atoms with van der Waals surface area (Å²) in [4.78, 5) is 12.6. The van der Waals surface area contributed by atoms with Gasteiger partial charge in [0.05, 0.1) is 0 Å². The first-order chi connectivity index (χ1) is 9.56. The second-order valence-corrected chi connectivity index (χ2v) is 7.03. The Bertz CT molecular complexity index is 556. The minimum absolute atomic E-state index is 0.243. The number of fused-ring (bicyclic) bond motifs is 5. The smallest absolute Gasteiger partial charge is 0.228 e. The molecule has 0 heterocycles. The highest BCUT2D eigenvalue weighted by molar-refractivity contribution is 5.96. The average molecular weight is 270 g/mol. The molecule has 20 heavy (non-hydrogen) atoms. The molecule has 3 aliphatic carbocycles. The molecule has 0 aromatic heterocycles. The van der Waals surface area contributed by atoms with Crippen molar-refractivity contribution < 1.29 is 4.79 Å². The zero-order chi connectivity index (χ0) is 14.0. The van der Waals surface area contributed by atoms with Crippen LogP contribution in [0.25, 0.3) is 0 Å². The van der Waals surface area contributed by atoms with E-state index in [1.54, 1.807) is 0 Å². The number of anilines is 2. The fraction of sp³-hybridized carbons (Fsp3) is 0.588. The van der Waals surface area contributed by atoms with Gasteiger partial charge in [-0.2, -0.15) is 0 Å². The number of carbonyl (C=O) groups is 1. The van der Waals surface area contributed by atoms with Gasteiger partial charge in [0, 0.05) is 17.3 Å². The molecule has 3 aliphatic rings. The highest BCUT2D eigenvalue weighted by Crippen LogP contribution is 2.69. The van der Waals surface area contributed by atoms with E-state index in [0.29, 0.717) is 11.8 Å². The average Bonchev–Trinajstić information content (AvgIpc) is 2.82. The highest BCUT2D eigenvalue weighted by atomic mass is 16.2. The van der Waals surface area contributed by atoms with Crippen LogP contribution in [-0.2, 0) is 4.79 Å². The molecule has 3 heteroatoms. The first-order valence-corrected chi connectivity index (χ1v) is 7.74. The molecule has 3 nitrogen and oxygen atoms in total. The van der Waals surface area contributed by atoms with Gasteiger partial charge in [-0.25, -0.2) is 0 Å². The SMILES string of the molecule is Cc1cc(N)cc(C)c1NC(=O)C1C2C3CCC(C3)C12. The van der Waals surface area contributed by atoms with E-state index in [9.17, 15) is 4.79 Å². The minimum Gasteiger partial charge on any atom is -0.399 e. The number of hydrogen-bond donors (Lipinski definition) is 2. The van der Waals surface area contributed by atoms with Crippen LogP contribution in [0.3, 0.4) is 0 Å². The molecule has 1 aromatic rings. The maximum atomic E-state index is 12.6. The Morgan fingerprint density at radius 3 is 2.25 bits per heavy atom. The lowest BCUT2D eigenvalue weighted by atomic mass is 10.0. The van der Waals surface area contributed by atoms with Crippen molar-refractivity contribution in [3.8, 4) is 0 Å². The Labute approximate surface area is 119 Å². The van der Waals surface area contributed by atoms with Crippen molar-refractivity contribution >= 4 is 17.3 Å². The number of aryl methyl sites for hydroxylation is 2. The maximum Gasteiger partial charge on any atom is 0.228 e. The molecule has 0 spiro atoms. The van der Waals surface area contributed by atoms with Crippen LogP contribution in [0.5, 0.6) is 0 Å². The third-order valence-corrected chi connectivity index (χ3v) is 5.84. The minimum atomic E-state index is 0.243. The fourth-order valence-electron chi connectivity index (χ4n) is 5.08. The molecule has 1 aromatic carbocycles. The van der Waals surface area contributed by atoms with Crippen molar-refractivity contribution in [1.29, 1.82) is 0 Å². The number of hydrogen-bond acceptors (Lipinski definition) is 2. The number of benzene rings is 1. The van der Waals surface area contributed by atoms with E-state index in [1.807, 2.05) is 26.0 Å². The van der Waals surface area contributed by atoms with Gasteiger partial charge in [-0.15, -0.1) is 0 Å². The van der Waals surface area contributed by atoms with Crippen LogP contribution >= 0.6 is 0 Å². The molecular weight excluding hydrogens is 248 g/mol. The molecule has 0 aliphatic heterocycles. The van der Waals surface area contributed by atoms with Gasteiger partial charge in [0.1, 0.15) is 0 Å². The van der Waals surface area contributed by atoms with E-state index in [1.165, 1.54) is 19.3 Å². The van der Waals surface area contributed by atoms with Crippen LogP contribution in [0.1, 0.15) is 30.4 Å². The van der Waals surface area contributed by atoms with E-state index in [2.05, 4.69) is 5.32 Å². The quantitative estimate of drug-likeness (QED) is 0.811. The first-order valence-electron chi connectivity index (χ1n) is 7.74. The predicted molar refractivity (Wildman–Crippen MR) is 80.3 cm³/mol. The topological polar surface area (TPSA) is 55.1 Å². The highest BCUT2D eigenvalue weighted by Gasteiger charge is 2.67. The number of rotatable bonds is 2. The van der Waals surface area contributed by atoms with Gasteiger partial charge in [0.25, 0.3) is 0 Å². The van der Waals surface area contributed by atoms with Gasteiger partial charge < -0.3 is 11.1 Å². The summed E-state index contributed by atoms with van der Waals surface area (Å²) in [5, 5.41) is 3.17. The number of nitrogens with one attached hydrogen (secondary N) is 1. The van der Waals surface area contributed by atoms with Crippen LogP contribution in [0.2, 0.25) is 0 Å². The summed E-state index contributed by atoms with van der Waals surface area (Å²) >= 11 is 0. The third-order valence-electron chi connectivity index (χ3n) is 5.84. The van der Waals surface area contributed by atoms with Gasteiger partial charge in [0.2, 0.25) is 5.91 Å². The van der Waals surface area contributed by atoms with Gasteiger partial charge in [-0.1, -0.05) is 0 Å². The fourth-order valence-corrected chi connectivity index (χ4v) is 5.08. The standard InChI is InChI=1S/C17H22N2O/c1-8-5-12(18)6-9(2)16(8)19-17(20)15-13-10-3-4-11(7-10)14(13)15/h5-6,10-11,13-15H,3-4,7,18H2,1-2H3,(H,19,20). The van der Waals surface area contributed by atoms with E-state index < -0.39 is 0 Å². The number of nitrogen functional groups attached to an aromatic ring is 1. The summed E-state index contributed by atoms with van der Waals surface area (Å²) in [6.07, 6.45) is 4.10. The Balaban J connectivity index is 1.52. The molecular formula is C17H22N2O. The lowest BCUT2D eigenvalue weighted by Gasteiger charge is -2.14. The van der Waals surface area contributed by atoms with Crippen LogP contribution in [0.4, 0.5) is 11.4 Å². The summed E-state index contributed by atoms with van der Waals surface area (Å²) in [7, 11) is 0. The van der Waals surface area contributed by atoms with Crippen LogP contribution in [0, 0.1) is 43.4 Å². The number of carbonyl (C=O) groups excluding carboxylic acids is 1. The van der Waals surface area contributed by atoms with Gasteiger partial charge >= 0.3 is 0 Å². The summed E-state index contributed by atoms with van der Waals surface area (Å²) in [6, 6.07) is 3.86. The van der Waals surface area contributed by atoms with Crippen molar-refractivity contribution in [3.05, 3.63) is 23.3 Å². The zero-order valence-corrected chi connectivity index (χ0v) is 12.1. The van der Waals surface area contributed by atoms with Crippen molar-refractivity contribution in [2.45, 2.75) is 33.1 Å². The first kappa shape index (κ1) is 12.2. The Morgan fingerprint density at radius 1 is 1.15 bits per heavy atom. The van der Waals surface area contributed by atoms with E-state index in [0.717, 1.165) is 34.3 Å². The Kier molecular flexibility index (Phi) is 2.45. The van der Waals surface area contributed by atoms with Crippen molar-refractivity contribution in [2.24, 2.45) is 29.6 Å². The Hall–Kier alpha value is -1.51. The molecule has 4 rings (SSSR count). The van der Waals surface area contributed by atoms with E-state index >= 15 is 0 Å². The predicted octanol–water partition coefficient (Wildman–Crippen LogP) is 3.12. The monoisotopic (exact) mass is 270 g/mol. The maximum absolute atomic E-state index is 12.6. The van der Waals surface area contributed by atoms with E-state index in [4.69, 9.17) is 5.73 Å². The van der Waals surface area contributed by atoms with Crippen LogP contribution in [-0.4, -0.2) is 5.91 Å². The van der Waals surface area contributed by atoms with Gasteiger partial charge in [-0.05, 0) is 80.0 Å². The number of nitrogens with two attached hydrogens (primary N) is 1. The lowest BCUT2D eigenvalue weighted by Crippen LogP contribution is -2.19. The summed E-state index contributed by atoms with van der Waals surface area (Å²) in [5.41, 5.74) is 9.68. The zero-order valence-electron chi connectivity index (χ0n) is 12.1. The second kappa shape index (κ2) is 4.00. The molecule has 3 fully saturated rings. The lowest BCUT2D eigenvalue weighted by molar-refractivity contribution is -0.118. The molecule has 3 N–H and O–H groups in total. The molecule has 0 radical (unpaired) electrons. The molecule has 106 valence electrons. The molecule has 1 amide bonds. The van der Waals surface area contributed by atoms with Gasteiger partial charge in [0.15, 0.2) is 0 Å². The summed E-state index contributed by atoms with van der Waals surface area (Å²) < 4.78 is 0. The number of amides is 1. The molecule has 4 atom stereocenters. The van der Waals surface area contributed by atoms with Crippen LogP contribution in [0.15, 0.2) is 12.1 Å². The molecule has 3 saturated carbocycles. The normalized spacial score (nSPS) is 36.8. The third kappa shape index (κ3) is 1.62. The molecule has 0 saturated heterocycles.